The first kappa shape index (κ1) is 14.3. The third kappa shape index (κ3) is 2.45. The molecule has 0 aromatic heterocycles. The highest BCUT2D eigenvalue weighted by Crippen LogP contribution is 2.42. The highest BCUT2D eigenvalue weighted by atomic mass is 16.7. The third-order valence-electron chi connectivity index (χ3n) is 4.71. The van der Waals surface area contributed by atoms with E-state index < -0.39 is 5.41 Å². The smallest absolute Gasteiger partial charge is 0.256 e. The Labute approximate surface area is 119 Å². The van der Waals surface area contributed by atoms with Crippen molar-refractivity contribution < 1.29 is 19.1 Å². The Morgan fingerprint density at radius 3 is 3.05 bits per heavy atom. The fourth-order valence-corrected chi connectivity index (χ4v) is 3.60. The van der Waals surface area contributed by atoms with Crippen molar-refractivity contribution in [3.63, 3.8) is 0 Å². The molecule has 0 aliphatic carbocycles. The first-order valence-electron chi connectivity index (χ1n) is 7.54. The van der Waals surface area contributed by atoms with Crippen LogP contribution in [-0.2, 0) is 19.1 Å². The van der Waals surface area contributed by atoms with E-state index in [0.717, 1.165) is 38.9 Å². The van der Waals surface area contributed by atoms with Crippen LogP contribution < -0.4 is 0 Å². The molecule has 3 saturated heterocycles. The number of likely N-dealkylation sites (tertiary alicyclic amines) is 1. The fraction of sp³-hybridized carbons (Fsp3) is 0.929. The standard InChI is InChI=1S/C14H24N2O4/c1-18-10-7-15-6-3-12-14(11-15,4-9-19-12)13(17)16-5-2-8-20-16/h12H,2-11H2,1H3/t12-,14-/m1/s1. The Balaban J connectivity index is 1.73. The van der Waals surface area contributed by atoms with E-state index in [1.807, 2.05) is 0 Å². The molecule has 6 nitrogen and oxygen atoms in total. The van der Waals surface area contributed by atoms with E-state index in [9.17, 15) is 4.79 Å². The van der Waals surface area contributed by atoms with E-state index in [0.29, 0.717) is 26.4 Å². The second kappa shape index (κ2) is 5.97. The second-order valence-corrected chi connectivity index (χ2v) is 5.92. The lowest BCUT2D eigenvalue weighted by molar-refractivity contribution is -0.187. The van der Waals surface area contributed by atoms with E-state index >= 15 is 0 Å². The highest BCUT2D eigenvalue weighted by Gasteiger charge is 2.55. The molecule has 6 heteroatoms. The molecule has 2 atom stereocenters. The van der Waals surface area contributed by atoms with Crippen LogP contribution in [0.3, 0.4) is 0 Å². The summed E-state index contributed by atoms with van der Waals surface area (Å²) in [6.07, 6.45) is 2.71. The summed E-state index contributed by atoms with van der Waals surface area (Å²) in [5, 5.41) is 1.57. The van der Waals surface area contributed by atoms with E-state index in [1.165, 1.54) is 0 Å². The van der Waals surface area contributed by atoms with E-state index in [4.69, 9.17) is 14.3 Å². The number of methoxy groups -OCH3 is 1. The maximum absolute atomic E-state index is 12.9. The molecule has 0 aromatic carbocycles. The van der Waals surface area contributed by atoms with E-state index in [1.54, 1.807) is 12.2 Å². The molecule has 0 unspecified atom stereocenters. The maximum Gasteiger partial charge on any atom is 0.256 e. The van der Waals surface area contributed by atoms with Crippen LogP contribution >= 0.6 is 0 Å². The first-order valence-corrected chi connectivity index (χ1v) is 7.54. The molecule has 3 aliphatic rings. The second-order valence-electron chi connectivity index (χ2n) is 5.92. The van der Waals surface area contributed by atoms with Crippen molar-refractivity contribution >= 4 is 5.91 Å². The van der Waals surface area contributed by atoms with E-state index in [2.05, 4.69) is 4.90 Å². The van der Waals surface area contributed by atoms with Gasteiger partial charge in [-0.05, 0) is 19.3 Å². The van der Waals surface area contributed by atoms with Crippen molar-refractivity contribution in [1.29, 1.82) is 0 Å². The Hall–Kier alpha value is -0.690. The molecular formula is C14H24N2O4. The van der Waals surface area contributed by atoms with Gasteiger partial charge in [-0.2, -0.15) is 0 Å². The Morgan fingerprint density at radius 1 is 1.40 bits per heavy atom. The summed E-state index contributed by atoms with van der Waals surface area (Å²) in [4.78, 5) is 20.7. The zero-order valence-electron chi connectivity index (χ0n) is 12.2. The summed E-state index contributed by atoms with van der Waals surface area (Å²) < 4.78 is 11.0. The molecule has 0 saturated carbocycles. The summed E-state index contributed by atoms with van der Waals surface area (Å²) in [5.74, 6) is 0.125. The zero-order valence-corrected chi connectivity index (χ0v) is 12.2. The molecule has 0 bridgehead atoms. The lowest BCUT2D eigenvalue weighted by Gasteiger charge is -2.43. The first-order chi connectivity index (χ1) is 9.76. The molecule has 3 fully saturated rings. The van der Waals surface area contributed by atoms with Crippen molar-refractivity contribution in [2.75, 3.05) is 53.1 Å². The van der Waals surface area contributed by atoms with Gasteiger partial charge in [0.1, 0.15) is 0 Å². The molecular weight excluding hydrogens is 260 g/mol. The van der Waals surface area contributed by atoms with Crippen molar-refractivity contribution in [2.45, 2.75) is 25.4 Å². The largest absolute Gasteiger partial charge is 0.383 e. The fourth-order valence-electron chi connectivity index (χ4n) is 3.60. The van der Waals surface area contributed by atoms with Crippen LogP contribution in [-0.4, -0.2) is 75.1 Å². The molecule has 0 spiro atoms. The molecule has 0 N–H and O–H groups in total. The monoisotopic (exact) mass is 284 g/mol. The summed E-state index contributed by atoms with van der Waals surface area (Å²) in [6, 6.07) is 0. The Bertz CT molecular complexity index is 359. The van der Waals surface area contributed by atoms with Gasteiger partial charge in [-0.1, -0.05) is 0 Å². The SMILES string of the molecule is COCCN1CC[C@H]2OCC[C@@]2(C(=O)N2CCCO2)C1. The predicted molar refractivity (Wildman–Crippen MR) is 72.0 cm³/mol. The Kier molecular flexibility index (Phi) is 4.26. The lowest BCUT2D eigenvalue weighted by Crippen LogP contribution is -2.57. The highest BCUT2D eigenvalue weighted by molar-refractivity contribution is 5.83. The van der Waals surface area contributed by atoms with Gasteiger partial charge in [0.05, 0.1) is 31.3 Å². The number of amides is 1. The summed E-state index contributed by atoms with van der Waals surface area (Å²) in [6.45, 7) is 5.37. The third-order valence-corrected chi connectivity index (χ3v) is 4.71. The molecule has 114 valence electrons. The van der Waals surface area contributed by atoms with Gasteiger partial charge in [0.2, 0.25) is 0 Å². The number of rotatable bonds is 4. The van der Waals surface area contributed by atoms with Gasteiger partial charge < -0.3 is 9.47 Å². The average Bonchev–Trinajstić information content (AvgIpc) is 3.13. The van der Waals surface area contributed by atoms with Crippen LogP contribution in [0.25, 0.3) is 0 Å². The van der Waals surface area contributed by atoms with Crippen molar-refractivity contribution in [2.24, 2.45) is 5.41 Å². The van der Waals surface area contributed by atoms with Gasteiger partial charge in [-0.15, -0.1) is 0 Å². The number of hydrogen-bond donors (Lipinski definition) is 0. The molecule has 3 aliphatic heterocycles. The van der Waals surface area contributed by atoms with Crippen LogP contribution in [0.5, 0.6) is 0 Å². The predicted octanol–water partition coefficient (Wildman–Crippen LogP) is 0.278. The average molecular weight is 284 g/mol. The normalized spacial score (nSPS) is 34.5. The topological polar surface area (TPSA) is 51.2 Å². The van der Waals surface area contributed by atoms with Gasteiger partial charge in [0, 0.05) is 33.4 Å². The summed E-state index contributed by atoms with van der Waals surface area (Å²) >= 11 is 0. The van der Waals surface area contributed by atoms with Gasteiger partial charge in [-0.25, -0.2) is 5.06 Å². The number of ether oxygens (including phenoxy) is 2. The van der Waals surface area contributed by atoms with Crippen LogP contribution in [0.1, 0.15) is 19.3 Å². The maximum atomic E-state index is 12.9. The van der Waals surface area contributed by atoms with Crippen molar-refractivity contribution in [1.82, 2.24) is 9.96 Å². The minimum absolute atomic E-state index is 0.0537. The lowest BCUT2D eigenvalue weighted by atomic mass is 9.75. The van der Waals surface area contributed by atoms with Crippen LogP contribution in [0.4, 0.5) is 0 Å². The minimum Gasteiger partial charge on any atom is -0.383 e. The van der Waals surface area contributed by atoms with Gasteiger partial charge >= 0.3 is 0 Å². The molecule has 3 heterocycles. The number of piperidine rings is 1. The molecule has 3 rings (SSSR count). The molecule has 1 amide bonds. The number of hydrogen-bond acceptors (Lipinski definition) is 5. The van der Waals surface area contributed by atoms with Crippen LogP contribution in [0, 0.1) is 5.41 Å². The zero-order chi connectivity index (χ0) is 14.0. The van der Waals surface area contributed by atoms with Crippen LogP contribution in [0.2, 0.25) is 0 Å². The van der Waals surface area contributed by atoms with Crippen molar-refractivity contribution in [3.05, 3.63) is 0 Å². The van der Waals surface area contributed by atoms with Gasteiger partial charge in [0.25, 0.3) is 5.91 Å². The van der Waals surface area contributed by atoms with Crippen molar-refractivity contribution in [3.8, 4) is 0 Å². The summed E-state index contributed by atoms with van der Waals surface area (Å²) in [7, 11) is 1.71. The number of nitrogens with zero attached hydrogens (tertiary/aromatic N) is 2. The van der Waals surface area contributed by atoms with Crippen LogP contribution in [0.15, 0.2) is 0 Å². The minimum atomic E-state index is -0.406. The Morgan fingerprint density at radius 2 is 2.30 bits per heavy atom. The molecule has 0 aromatic rings. The number of hydroxylamine groups is 2. The molecule has 20 heavy (non-hydrogen) atoms. The van der Waals surface area contributed by atoms with E-state index in [-0.39, 0.29) is 12.0 Å². The summed E-state index contributed by atoms with van der Waals surface area (Å²) in [5.41, 5.74) is -0.406. The quantitative estimate of drug-likeness (QED) is 0.742. The number of fused-ring (bicyclic) bond motifs is 1. The molecule has 0 radical (unpaired) electrons. The number of carbonyl (C=O) groups excluding carboxylic acids is 1. The van der Waals surface area contributed by atoms with Gasteiger partial charge in [-0.3, -0.25) is 14.5 Å². The number of carbonyl (C=O) groups is 1. The van der Waals surface area contributed by atoms with Gasteiger partial charge in [0.15, 0.2) is 0 Å².